The lowest BCUT2D eigenvalue weighted by Crippen LogP contribution is -2.31. The molecule has 0 atom stereocenters. The van der Waals surface area contributed by atoms with Crippen LogP contribution in [0.5, 0.6) is 0 Å². The van der Waals surface area contributed by atoms with Gasteiger partial charge in [-0.1, -0.05) is 12.1 Å². The number of aromatic nitrogens is 3. The van der Waals surface area contributed by atoms with Gasteiger partial charge < -0.3 is 0 Å². The summed E-state index contributed by atoms with van der Waals surface area (Å²) in [7, 11) is -3.57. The molecule has 0 amide bonds. The van der Waals surface area contributed by atoms with E-state index in [0.29, 0.717) is 5.69 Å². The molecule has 7 nitrogen and oxygen atoms in total. The van der Waals surface area contributed by atoms with Crippen LogP contribution in [0.15, 0.2) is 56.2 Å². The lowest BCUT2D eigenvalue weighted by molar-refractivity contribution is 0.550. The van der Waals surface area contributed by atoms with E-state index in [0.717, 1.165) is 31.8 Å². The first-order valence-electron chi connectivity index (χ1n) is 8.57. The zero-order valence-electron chi connectivity index (χ0n) is 15.2. The van der Waals surface area contributed by atoms with Crippen molar-refractivity contribution >= 4 is 44.0 Å². The molecule has 4 rings (SSSR count). The average Bonchev–Trinajstić information content (AvgIpc) is 3.45. The van der Waals surface area contributed by atoms with E-state index in [-0.39, 0.29) is 22.9 Å². The first kappa shape index (κ1) is 20.1. The largest absolute Gasteiger partial charge is 0.268 e. The Hall–Kier alpha value is -2.18. The highest BCUT2D eigenvalue weighted by Crippen LogP contribution is 2.35. The van der Waals surface area contributed by atoms with Gasteiger partial charge >= 0.3 is 0 Å². The van der Waals surface area contributed by atoms with Gasteiger partial charge in [-0.2, -0.15) is 5.10 Å². The Morgan fingerprint density at radius 2 is 1.90 bits per heavy atom. The quantitative estimate of drug-likeness (QED) is 0.452. The van der Waals surface area contributed by atoms with Gasteiger partial charge in [0.1, 0.15) is 14.9 Å². The van der Waals surface area contributed by atoms with Gasteiger partial charge in [0.05, 0.1) is 22.0 Å². The minimum atomic E-state index is -3.57. The van der Waals surface area contributed by atoms with E-state index in [1.165, 1.54) is 28.2 Å². The molecule has 11 heteroatoms. The zero-order valence-corrected chi connectivity index (χ0v) is 18.5. The third kappa shape index (κ3) is 4.38. The number of thiazole rings is 1. The van der Waals surface area contributed by atoms with Crippen LogP contribution >= 0.6 is 34.0 Å². The Morgan fingerprint density at radius 1 is 1.10 bits per heavy atom. The SMILES string of the molecule is Cc1nc(-c2cccs2)sc1-c1ccc(=O)n(CCNS(=O)(=O)c2cccs2)n1. The van der Waals surface area contributed by atoms with Crippen molar-refractivity contribution in [1.82, 2.24) is 19.5 Å². The summed E-state index contributed by atoms with van der Waals surface area (Å²) < 4.78 is 28.4. The van der Waals surface area contributed by atoms with Gasteiger partial charge in [-0.3, -0.25) is 4.79 Å². The van der Waals surface area contributed by atoms with E-state index >= 15 is 0 Å². The van der Waals surface area contributed by atoms with Crippen molar-refractivity contribution in [2.24, 2.45) is 0 Å². The first-order valence-corrected chi connectivity index (χ1v) is 12.6. The maximum absolute atomic E-state index is 12.2. The molecule has 0 bridgehead atoms. The standard InChI is InChI=1S/C18H16N4O3S4/c1-12-17(28-18(20-12)14-4-2-10-26-14)13-6-7-15(23)22(21-13)9-8-19-29(24,25)16-5-3-11-27-16/h2-7,10-11,19H,8-9H2,1H3. The molecule has 150 valence electrons. The number of nitrogens with one attached hydrogen (secondary N) is 1. The van der Waals surface area contributed by atoms with Crippen LogP contribution in [0.4, 0.5) is 0 Å². The van der Waals surface area contributed by atoms with E-state index in [4.69, 9.17) is 0 Å². The molecule has 0 saturated heterocycles. The Bertz CT molecular complexity index is 1270. The predicted octanol–water partition coefficient (Wildman–Crippen LogP) is 3.44. The van der Waals surface area contributed by atoms with Gasteiger partial charge in [-0.25, -0.2) is 22.8 Å². The molecule has 0 unspecified atom stereocenters. The van der Waals surface area contributed by atoms with Crippen molar-refractivity contribution in [2.75, 3.05) is 6.54 Å². The first-order chi connectivity index (χ1) is 13.9. The van der Waals surface area contributed by atoms with Crippen molar-refractivity contribution < 1.29 is 8.42 Å². The smallest absolute Gasteiger partial charge is 0.266 e. The topological polar surface area (TPSA) is 94.0 Å². The molecule has 0 radical (unpaired) electrons. The molecule has 0 aliphatic rings. The van der Waals surface area contributed by atoms with Gasteiger partial charge in [0.2, 0.25) is 10.0 Å². The van der Waals surface area contributed by atoms with E-state index in [2.05, 4.69) is 14.8 Å². The minimum Gasteiger partial charge on any atom is -0.268 e. The normalized spacial score (nSPS) is 11.8. The Labute approximate surface area is 179 Å². The second-order valence-electron chi connectivity index (χ2n) is 6.02. The number of aryl methyl sites for hydroxylation is 1. The summed E-state index contributed by atoms with van der Waals surface area (Å²) in [6, 6.07) is 10.3. The summed E-state index contributed by atoms with van der Waals surface area (Å²) in [6.07, 6.45) is 0. The minimum absolute atomic E-state index is 0.0682. The van der Waals surface area contributed by atoms with Gasteiger partial charge in [-0.05, 0) is 35.9 Å². The van der Waals surface area contributed by atoms with Crippen molar-refractivity contribution in [2.45, 2.75) is 17.7 Å². The number of sulfonamides is 1. The predicted molar refractivity (Wildman–Crippen MR) is 117 cm³/mol. The van der Waals surface area contributed by atoms with Crippen LogP contribution in [0, 0.1) is 6.92 Å². The molecule has 4 aromatic rings. The number of hydrogen-bond donors (Lipinski definition) is 1. The number of nitrogens with zero attached hydrogens (tertiary/aromatic N) is 3. The maximum Gasteiger partial charge on any atom is 0.266 e. The summed E-state index contributed by atoms with van der Waals surface area (Å²) >= 11 is 4.28. The van der Waals surface area contributed by atoms with Crippen LogP contribution in [0.2, 0.25) is 0 Å². The second-order valence-corrected chi connectivity index (χ2v) is 10.9. The van der Waals surface area contributed by atoms with Crippen molar-refractivity contribution in [1.29, 1.82) is 0 Å². The Morgan fingerprint density at radius 3 is 2.62 bits per heavy atom. The Kier molecular flexibility index (Phi) is 5.74. The number of thiophene rings is 2. The van der Waals surface area contributed by atoms with Gasteiger partial charge in [0, 0.05) is 12.6 Å². The average molecular weight is 465 g/mol. The van der Waals surface area contributed by atoms with Crippen LogP contribution in [0.1, 0.15) is 5.69 Å². The summed E-state index contributed by atoms with van der Waals surface area (Å²) in [5.74, 6) is 0. The number of rotatable bonds is 7. The zero-order chi connectivity index (χ0) is 20.4. The number of hydrogen-bond acceptors (Lipinski definition) is 8. The molecular weight excluding hydrogens is 448 g/mol. The van der Waals surface area contributed by atoms with Gasteiger partial charge in [0.15, 0.2) is 0 Å². The molecule has 29 heavy (non-hydrogen) atoms. The fourth-order valence-electron chi connectivity index (χ4n) is 2.64. The third-order valence-electron chi connectivity index (χ3n) is 4.00. The van der Waals surface area contributed by atoms with Crippen molar-refractivity contribution in [3.8, 4) is 20.5 Å². The van der Waals surface area contributed by atoms with Crippen LogP contribution in [0.25, 0.3) is 20.5 Å². The van der Waals surface area contributed by atoms with E-state index in [1.54, 1.807) is 28.8 Å². The van der Waals surface area contributed by atoms with Crippen LogP contribution in [0.3, 0.4) is 0 Å². The lowest BCUT2D eigenvalue weighted by Gasteiger charge is -2.08. The highest BCUT2D eigenvalue weighted by Gasteiger charge is 2.16. The summed E-state index contributed by atoms with van der Waals surface area (Å²) in [5, 5.41) is 9.04. The maximum atomic E-state index is 12.2. The molecule has 0 spiro atoms. The summed E-state index contributed by atoms with van der Waals surface area (Å²) in [5.41, 5.74) is 1.20. The Balaban J connectivity index is 1.53. The van der Waals surface area contributed by atoms with Crippen LogP contribution in [-0.2, 0) is 16.6 Å². The highest BCUT2D eigenvalue weighted by molar-refractivity contribution is 7.91. The molecule has 0 fully saturated rings. The van der Waals surface area contributed by atoms with E-state index in [1.807, 2.05) is 24.4 Å². The van der Waals surface area contributed by atoms with Crippen LogP contribution in [-0.4, -0.2) is 29.7 Å². The molecule has 4 aromatic heterocycles. The summed E-state index contributed by atoms with van der Waals surface area (Å²) in [4.78, 5) is 18.8. The van der Waals surface area contributed by atoms with E-state index in [9.17, 15) is 13.2 Å². The van der Waals surface area contributed by atoms with Crippen molar-refractivity contribution in [3.05, 3.63) is 63.2 Å². The molecule has 1 N–H and O–H groups in total. The monoisotopic (exact) mass is 464 g/mol. The lowest BCUT2D eigenvalue weighted by atomic mass is 10.3. The van der Waals surface area contributed by atoms with E-state index < -0.39 is 10.0 Å². The molecule has 0 saturated carbocycles. The van der Waals surface area contributed by atoms with Gasteiger partial charge in [-0.15, -0.1) is 34.0 Å². The summed E-state index contributed by atoms with van der Waals surface area (Å²) in [6.45, 7) is 2.11. The van der Waals surface area contributed by atoms with Crippen molar-refractivity contribution in [3.63, 3.8) is 0 Å². The fraction of sp³-hybridized carbons (Fsp3) is 0.167. The molecule has 0 aliphatic carbocycles. The third-order valence-corrected chi connectivity index (χ3v) is 9.08. The van der Waals surface area contributed by atoms with Crippen LogP contribution < -0.4 is 10.3 Å². The second kappa shape index (κ2) is 8.28. The molecule has 4 heterocycles. The molecule has 0 aliphatic heterocycles. The van der Waals surface area contributed by atoms with Gasteiger partial charge in [0.25, 0.3) is 5.56 Å². The highest BCUT2D eigenvalue weighted by atomic mass is 32.2. The fourth-order valence-corrected chi connectivity index (χ4v) is 6.53. The molecule has 0 aromatic carbocycles. The molecular formula is C18H16N4O3S4.